The van der Waals surface area contributed by atoms with Gasteiger partial charge in [-0.25, -0.2) is 4.39 Å². The number of rotatable bonds is 5. The van der Waals surface area contributed by atoms with E-state index >= 15 is 0 Å². The van der Waals surface area contributed by atoms with Crippen LogP contribution in [0.1, 0.15) is 5.56 Å². The van der Waals surface area contributed by atoms with E-state index in [0.29, 0.717) is 11.5 Å². The van der Waals surface area contributed by atoms with Gasteiger partial charge in [-0.3, -0.25) is 0 Å². The van der Waals surface area contributed by atoms with Gasteiger partial charge >= 0.3 is 0 Å². The van der Waals surface area contributed by atoms with Gasteiger partial charge in [0.25, 0.3) is 0 Å². The first-order valence-corrected chi connectivity index (χ1v) is 4.16. The van der Waals surface area contributed by atoms with Crippen molar-refractivity contribution in [3.63, 3.8) is 0 Å². The first-order valence-electron chi connectivity index (χ1n) is 4.16. The Labute approximate surface area is 82.4 Å². The lowest BCUT2D eigenvalue weighted by molar-refractivity contribution is 0.0461. The van der Waals surface area contributed by atoms with E-state index in [4.69, 9.17) is 9.47 Å². The third-order valence-electron chi connectivity index (χ3n) is 1.79. The van der Waals surface area contributed by atoms with E-state index in [2.05, 4.69) is 4.74 Å². The Balaban J connectivity index is 2.79. The summed E-state index contributed by atoms with van der Waals surface area (Å²) in [4.78, 5) is 0. The molecule has 0 aliphatic rings. The molecule has 1 aromatic rings. The summed E-state index contributed by atoms with van der Waals surface area (Å²) in [6.45, 7) is -0.550. The summed E-state index contributed by atoms with van der Waals surface area (Å²) in [5.41, 5.74) is 0.848. The van der Waals surface area contributed by atoms with Crippen LogP contribution >= 0.6 is 0 Å². The molecule has 1 rings (SSSR count). The minimum absolute atomic E-state index is 0.233. The number of hydrogen-bond donors (Lipinski definition) is 0. The molecular weight excluding hydrogens is 187 g/mol. The van der Waals surface area contributed by atoms with Crippen molar-refractivity contribution in [3.8, 4) is 11.5 Å². The molecule has 0 aliphatic carbocycles. The Kier molecular flexibility index (Phi) is 4.19. The monoisotopic (exact) mass is 200 g/mol. The molecule has 0 saturated heterocycles. The number of ether oxygens (including phenoxy) is 3. The summed E-state index contributed by atoms with van der Waals surface area (Å²) in [5, 5.41) is 0. The van der Waals surface area contributed by atoms with Crippen molar-refractivity contribution in [3.05, 3.63) is 23.8 Å². The first kappa shape index (κ1) is 10.8. The smallest absolute Gasteiger partial charge is 0.188 e. The zero-order valence-electron chi connectivity index (χ0n) is 8.25. The van der Waals surface area contributed by atoms with E-state index in [1.54, 1.807) is 32.4 Å². The summed E-state index contributed by atoms with van der Waals surface area (Å²) < 4.78 is 26.5. The van der Waals surface area contributed by atoms with E-state index < -0.39 is 6.86 Å². The second-order valence-corrected chi connectivity index (χ2v) is 2.65. The van der Waals surface area contributed by atoms with E-state index in [0.717, 1.165) is 5.56 Å². The van der Waals surface area contributed by atoms with E-state index in [1.807, 2.05) is 0 Å². The second-order valence-electron chi connectivity index (χ2n) is 2.65. The van der Waals surface area contributed by atoms with Gasteiger partial charge in [0.05, 0.1) is 20.8 Å². The molecule has 78 valence electrons. The fraction of sp³-hybridized carbons (Fsp3) is 0.400. The topological polar surface area (TPSA) is 27.7 Å². The van der Waals surface area contributed by atoms with Crippen LogP contribution in [0.2, 0.25) is 0 Å². The van der Waals surface area contributed by atoms with Gasteiger partial charge in [0, 0.05) is 0 Å². The Bertz CT molecular complexity index is 289. The number of hydrogen-bond acceptors (Lipinski definition) is 3. The molecule has 0 aromatic heterocycles. The van der Waals surface area contributed by atoms with Gasteiger partial charge in [-0.15, -0.1) is 0 Å². The van der Waals surface area contributed by atoms with Crippen molar-refractivity contribution in [2.75, 3.05) is 21.1 Å². The maximum absolute atomic E-state index is 11.7. The highest BCUT2D eigenvalue weighted by molar-refractivity contribution is 5.42. The van der Waals surface area contributed by atoms with Crippen molar-refractivity contribution in [1.82, 2.24) is 0 Å². The van der Waals surface area contributed by atoms with E-state index in [9.17, 15) is 4.39 Å². The molecule has 0 heterocycles. The molecule has 0 atom stereocenters. The van der Waals surface area contributed by atoms with Crippen LogP contribution in [0.15, 0.2) is 18.2 Å². The maximum Gasteiger partial charge on any atom is 0.188 e. The van der Waals surface area contributed by atoms with Crippen molar-refractivity contribution < 1.29 is 18.6 Å². The molecule has 0 unspecified atom stereocenters. The zero-order chi connectivity index (χ0) is 10.4. The van der Waals surface area contributed by atoms with Crippen LogP contribution in [0.3, 0.4) is 0 Å². The van der Waals surface area contributed by atoms with Crippen molar-refractivity contribution in [1.29, 1.82) is 0 Å². The third-order valence-corrected chi connectivity index (χ3v) is 1.79. The average molecular weight is 200 g/mol. The summed E-state index contributed by atoms with van der Waals surface area (Å²) >= 11 is 0. The van der Waals surface area contributed by atoms with Crippen LogP contribution in [0, 0.1) is 0 Å². The number of alkyl halides is 1. The van der Waals surface area contributed by atoms with Gasteiger partial charge in [0.2, 0.25) is 0 Å². The fourth-order valence-electron chi connectivity index (χ4n) is 1.13. The Morgan fingerprint density at radius 2 is 1.86 bits per heavy atom. The molecule has 14 heavy (non-hydrogen) atoms. The molecule has 3 nitrogen and oxygen atoms in total. The molecule has 0 spiro atoms. The van der Waals surface area contributed by atoms with E-state index in [1.165, 1.54) is 0 Å². The van der Waals surface area contributed by atoms with Crippen LogP contribution in [0.4, 0.5) is 4.39 Å². The quantitative estimate of drug-likeness (QED) is 0.728. The summed E-state index contributed by atoms with van der Waals surface area (Å²) in [6.07, 6.45) is 0. The van der Waals surface area contributed by atoms with Crippen LogP contribution in [0.5, 0.6) is 11.5 Å². The highest BCUT2D eigenvalue weighted by Crippen LogP contribution is 2.27. The Hall–Kier alpha value is -1.29. The largest absolute Gasteiger partial charge is 0.493 e. The number of methoxy groups -OCH3 is 2. The van der Waals surface area contributed by atoms with Gasteiger partial charge < -0.3 is 14.2 Å². The van der Waals surface area contributed by atoms with Crippen LogP contribution in [-0.2, 0) is 11.3 Å². The average Bonchev–Trinajstić information content (AvgIpc) is 2.25. The number of halogens is 1. The van der Waals surface area contributed by atoms with E-state index in [-0.39, 0.29) is 6.61 Å². The molecular formula is C10H13FO3. The maximum atomic E-state index is 11.7. The van der Waals surface area contributed by atoms with Crippen LogP contribution < -0.4 is 9.47 Å². The summed E-state index contributed by atoms with van der Waals surface area (Å²) in [6, 6.07) is 5.32. The minimum Gasteiger partial charge on any atom is -0.493 e. The van der Waals surface area contributed by atoms with Crippen LogP contribution in [0.25, 0.3) is 0 Å². The molecule has 0 bridgehead atoms. The summed E-state index contributed by atoms with van der Waals surface area (Å²) in [7, 11) is 3.12. The standard InChI is InChI=1S/C10H13FO3/c1-12-9-4-3-8(6-14-7-11)5-10(9)13-2/h3-5H,6-7H2,1-2H3. The van der Waals surface area contributed by atoms with Crippen LogP contribution in [-0.4, -0.2) is 21.1 Å². The lowest BCUT2D eigenvalue weighted by Gasteiger charge is -2.08. The highest BCUT2D eigenvalue weighted by atomic mass is 19.1. The lowest BCUT2D eigenvalue weighted by Crippen LogP contribution is -1.94. The normalized spacial score (nSPS) is 9.93. The molecule has 0 fully saturated rings. The van der Waals surface area contributed by atoms with Gasteiger partial charge in [0.1, 0.15) is 0 Å². The molecule has 0 aliphatic heterocycles. The highest BCUT2D eigenvalue weighted by Gasteiger charge is 2.03. The van der Waals surface area contributed by atoms with Gasteiger partial charge in [-0.05, 0) is 17.7 Å². The van der Waals surface area contributed by atoms with Gasteiger partial charge in [-0.1, -0.05) is 6.07 Å². The van der Waals surface area contributed by atoms with Crippen molar-refractivity contribution >= 4 is 0 Å². The SMILES string of the molecule is COc1ccc(COCF)cc1OC. The zero-order valence-corrected chi connectivity index (χ0v) is 8.25. The molecule has 0 N–H and O–H groups in total. The molecule has 1 aromatic carbocycles. The van der Waals surface area contributed by atoms with Gasteiger partial charge in [-0.2, -0.15) is 0 Å². The summed E-state index contributed by atoms with van der Waals surface area (Å²) in [5.74, 6) is 1.27. The van der Waals surface area contributed by atoms with Gasteiger partial charge in [0.15, 0.2) is 18.4 Å². The lowest BCUT2D eigenvalue weighted by atomic mass is 10.2. The fourth-order valence-corrected chi connectivity index (χ4v) is 1.13. The second kappa shape index (κ2) is 5.44. The minimum atomic E-state index is -0.783. The predicted octanol–water partition coefficient (Wildman–Crippen LogP) is 2.15. The first-order chi connectivity index (χ1) is 6.81. The molecule has 0 saturated carbocycles. The third kappa shape index (κ3) is 2.60. The number of benzene rings is 1. The molecule has 4 heteroatoms. The predicted molar refractivity (Wildman–Crippen MR) is 50.3 cm³/mol. The molecule has 0 amide bonds. The van der Waals surface area contributed by atoms with Crippen molar-refractivity contribution in [2.24, 2.45) is 0 Å². The molecule has 0 radical (unpaired) electrons. The Morgan fingerprint density at radius 3 is 2.43 bits per heavy atom. The van der Waals surface area contributed by atoms with Crippen molar-refractivity contribution in [2.45, 2.75) is 6.61 Å². The Morgan fingerprint density at radius 1 is 1.14 bits per heavy atom.